The van der Waals surface area contributed by atoms with E-state index >= 15 is 0 Å². The largest absolute Gasteiger partial charge is 0.481 e. The fraction of sp³-hybridized carbons (Fsp3) is 0.357. The van der Waals surface area contributed by atoms with Crippen LogP contribution < -0.4 is 10.1 Å². The van der Waals surface area contributed by atoms with Gasteiger partial charge in [0.2, 0.25) is 0 Å². The lowest BCUT2D eigenvalue weighted by molar-refractivity contribution is -0.127. The summed E-state index contributed by atoms with van der Waals surface area (Å²) in [4.78, 5) is 27.7. The zero-order chi connectivity index (χ0) is 24.2. The van der Waals surface area contributed by atoms with E-state index in [1.54, 1.807) is 19.1 Å². The molecule has 6 heteroatoms. The van der Waals surface area contributed by atoms with Gasteiger partial charge in [0.1, 0.15) is 5.75 Å². The maximum absolute atomic E-state index is 13.4. The second-order valence-corrected chi connectivity index (χ2v) is 9.30. The zero-order valence-electron chi connectivity index (χ0n) is 20.2. The van der Waals surface area contributed by atoms with Crippen molar-refractivity contribution in [2.75, 3.05) is 13.1 Å². The molecule has 3 aromatic rings. The van der Waals surface area contributed by atoms with E-state index in [4.69, 9.17) is 9.15 Å². The molecule has 0 unspecified atom stereocenters. The van der Waals surface area contributed by atoms with Crippen LogP contribution in [-0.2, 0) is 11.2 Å². The van der Waals surface area contributed by atoms with E-state index < -0.39 is 6.10 Å². The Bertz CT molecular complexity index is 1150. The number of hydrogen-bond acceptors (Lipinski definition) is 4. The number of hydrogen-bond donors (Lipinski definition) is 1. The van der Waals surface area contributed by atoms with E-state index in [0.29, 0.717) is 30.5 Å². The maximum Gasteiger partial charge on any atom is 0.290 e. The van der Waals surface area contributed by atoms with Gasteiger partial charge in [-0.25, -0.2) is 0 Å². The summed E-state index contributed by atoms with van der Waals surface area (Å²) in [6.07, 6.45) is 1.62. The molecule has 0 bridgehead atoms. The van der Waals surface area contributed by atoms with Crippen molar-refractivity contribution < 1.29 is 18.7 Å². The normalized spacial score (nSPS) is 16.1. The molecular formula is C28H32N2O4. The molecule has 2 atom stereocenters. The van der Waals surface area contributed by atoms with Crippen molar-refractivity contribution in [3.05, 3.63) is 88.9 Å². The second kappa shape index (κ2) is 10.2. The Hall–Kier alpha value is -3.54. The minimum atomic E-state index is -0.626. The molecule has 0 aliphatic carbocycles. The number of ether oxygens (including phenoxy) is 1. The maximum atomic E-state index is 13.4. The minimum absolute atomic E-state index is 0.142. The van der Waals surface area contributed by atoms with Crippen LogP contribution in [0.25, 0.3) is 0 Å². The summed E-state index contributed by atoms with van der Waals surface area (Å²) >= 11 is 0. The lowest BCUT2D eigenvalue weighted by Gasteiger charge is -2.37. The number of furan rings is 1. The van der Waals surface area contributed by atoms with Crippen molar-refractivity contribution in [2.45, 2.75) is 46.3 Å². The molecular weight excluding hydrogens is 428 g/mol. The Morgan fingerprint density at radius 2 is 1.94 bits per heavy atom. The van der Waals surface area contributed by atoms with E-state index in [1.165, 1.54) is 11.8 Å². The summed E-state index contributed by atoms with van der Waals surface area (Å²) in [5.41, 5.74) is 4.32. The second-order valence-electron chi connectivity index (χ2n) is 9.30. The van der Waals surface area contributed by atoms with Crippen LogP contribution >= 0.6 is 0 Å². The highest BCUT2D eigenvalue weighted by Crippen LogP contribution is 2.38. The number of nitrogens with one attached hydrogen (secondary N) is 1. The average molecular weight is 461 g/mol. The standard InChI is InChI=1S/C28H32N2O4/c1-18(2)17-29-27(31)20(4)34-23-11-10-21-12-13-30(28(32)25-9-6-14-33-25)26(24(21)16-23)22-8-5-7-19(3)15-22/h5-11,14-16,18,20,26H,12-13,17H2,1-4H3,(H,29,31)/t20-,26+/m0/s1. The Labute approximate surface area is 200 Å². The van der Waals surface area contributed by atoms with Gasteiger partial charge in [0.15, 0.2) is 11.9 Å². The molecule has 1 aliphatic rings. The first-order valence-corrected chi connectivity index (χ1v) is 11.8. The van der Waals surface area contributed by atoms with Gasteiger partial charge in [0.25, 0.3) is 11.8 Å². The Kier molecular flexibility index (Phi) is 7.06. The zero-order valence-corrected chi connectivity index (χ0v) is 20.2. The van der Waals surface area contributed by atoms with Gasteiger partial charge in [-0.3, -0.25) is 9.59 Å². The summed E-state index contributed by atoms with van der Waals surface area (Å²) in [6, 6.07) is 17.3. The molecule has 0 fully saturated rings. The van der Waals surface area contributed by atoms with Gasteiger partial charge in [-0.05, 0) is 67.1 Å². The van der Waals surface area contributed by atoms with Crippen LogP contribution in [0.5, 0.6) is 5.75 Å². The van der Waals surface area contributed by atoms with Crippen LogP contribution in [0.4, 0.5) is 0 Å². The molecule has 6 nitrogen and oxygen atoms in total. The highest BCUT2D eigenvalue weighted by molar-refractivity contribution is 5.92. The summed E-state index contributed by atoms with van der Waals surface area (Å²) < 4.78 is 11.4. The van der Waals surface area contributed by atoms with Crippen LogP contribution in [0.15, 0.2) is 65.3 Å². The number of fused-ring (bicyclic) bond motifs is 1. The molecule has 34 heavy (non-hydrogen) atoms. The van der Waals surface area contributed by atoms with Gasteiger partial charge in [-0.15, -0.1) is 0 Å². The number of carbonyl (C=O) groups is 2. The predicted molar refractivity (Wildman–Crippen MR) is 131 cm³/mol. The molecule has 1 N–H and O–H groups in total. The molecule has 0 spiro atoms. The first-order chi connectivity index (χ1) is 16.3. The SMILES string of the molecule is Cc1cccc([C@@H]2c3cc(O[C@@H](C)C(=O)NCC(C)C)ccc3CCN2C(=O)c2ccco2)c1. The van der Waals surface area contributed by atoms with E-state index in [2.05, 4.69) is 25.2 Å². The molecule has 4 rings (SSSR count). The summed E-state index contributed by atoms with van der Waals surface area (Å²) in [6.45, 7) is 9.09. The lowest BCUT2D eigenvalue weighted by Crippen LogP contribution is -2.40. The Balaban J connectivity index is 1.67. The predicted octanol–water partition coefficient (Wildman–Crippen LogP) is 4.92. The summed E-state index contributed by atoms with van der Waals surface area (Å²) in [5.74, 6) is 1.01. The number of nitrogens with zero attached hydrogens (tertiary/aromatic N) is 1. The fourth-order valence-corrected chi connectivity index (χ4v) is 4.33. The van der Waals surface area contributed by atoms with E-state index in [0.717, 1.165) is 23.1 Å². The van der Waals surface area contributed by atoms with Crippen molar-refractivity contribution in [1.29, 1.82) is 0 Å². The summed E-state index contributed by atoms with van der Waals surface area (Å²) in [5, 5.41) is 2.92. The van der Waals surface area contributed by atoms with Gasteiger partial charge in [-0.2, -0.15) is 0 Å². The van der Waals surface area contributed by atoms with Crippen molar-refractivity contribution in [3.63, 3.8) is 0 Å². The highest BCUT2D eigenvalue weighted by Gasteiger charge is 2.34. The average Bonchev–Trinajstić information content (AvgIpc) is 3.36. The van der Waals surface area contributed by atoms with Crippen molar-refractivity contribution in [3.8, 4) is 5.75 Å². The third-order valence-corrected chi connectivity index (χ3v) is 6.06. The number of amides is 2. The van der Waals surface area contributed by atoms with Crippen molar-refractivity contribution >= 4 is 11.8 Å². The van der Waals surface area contributed by atoms with Crippen LogP contribution in [0.1, 0.15) is 59.6 Å². The number of carbonyl (C=O) groups excluding carboxylic acids is 2. The molecule has 0 radical (unpaired) electrons. The van der Waals surface area contributed by atoms with Gasteiger partial charge < -0.3 is 19.4 Å². The van der Waals surface area contributed by atoms with Crippen LogP contribution in [-0.4, -0.2) is 35.9 Å². The van der Waals surface area contributed by atoms with Crippen LogP contribution in [0, 0.1) is 12.8 Å². The van der Waals surface area contributed by atoms with Crippen molar-refractivity contribution in [1.82, 2.24) is 10.2 Å². The lowest BCUT2D eigenvalue weighted by atomic mass is 9.87. The minimum Gasteiger partial charge on any atom is -0.481 e. The number of aryl methyl sites for hydroxylation is 1. The molecule has 2 aromatic carbocycles. The van der Waals surface area contributed by atoms with Gasteiger partial charge >= 0.3 is 0 Å². The van der Waals surface area contributed by atoms with Crippen LogP contribution in [0.2, 0.25) is 0 Å². The monoisotopic (exact) mass is 460 g/mol. The fourth-order valence-electron chi connectivity index (χ4n) is 4.33. The van der Waals surface area contributed by atoms with E-state index in [1.807, 2.05) is 48.2 Å². The third kappa shape index (κ3) is 5.16. The molecule has 2 heterocycles. The molecule has 1 aliphatic heterocycles. The molecule has 0 saturated carbocycles. The van der Waals surface area contributed by atoms with Crippen LogP contribution in [0.3, 0.4) is 0 Å². The number of rotatable bonds is 7. The quantitative estimate of drug-likeness (QED) is 0.544. The van der Waals surface area contributed by atoms with E-state index in [-0.39, 0.29) is 17.9 Å². The van der Waals surface area contributed by atoms with Crippen molar-refractivity contribution in [2.24, 2.45) is 5.92 Å². The highest BCUT2D eigenvalue weighted by atomic mass is 16.5. The number of benzene rings is 2. The first-order valence-electron chi connectivity index (χ1n) is 11.8. The van der Waals surface area contributed by atoms with Gasteiger partial charge in [0, 0.05) is 13.1 Å². The molecule has 1 aromatic heterocycles. The molecule has 2 amide bonds. The smallest absolute Gasteiger partial charge is 0.290 e. The summed E-state index contributed by atoms with van der Waals surface area (Å²) in [7, 11) is 0. The van der Waals surface area contributed by atoms with Gasteiger partial charge in [0.05, 0.1) is 12.3 Å². The third-order valence-electron chi connectivity index (χ3n) is 6.06. The van der Waals surface area contributed by atoms with Gasteiger partial charge in [-0.1, -0.05) is 49.7 Å². The molecule has 0 saturated heterocycles. The molecule has 178 valence electrons. The topological polar surface area (TPSA) is 71.8 Å². The Morgan fingerprint density at radius 1 is 1.12 bits per heavy atom. The van der Waals surface area contributed by atoms with E-state index in [9.17, 15) is 9.59 Å². The Morgan fingerprint density at radius 3 is 2.65 bits per heavy atom. The first kappa shape index (κ1) is 23.6.